The van der Waals surface area contributed by atoms with Crippen LogP contribution in [0.15, 0.2) is 42.5 Å². The molecule has 0 fully saturated rings. The number of hydrogen-bond acceptors (Lipinski definition) is 3. The Balaban J connectivity index is 2.26. The van der Waals surface area contributed by atoms with Gasteiger partial charge in [0, 0.05) is 24.5 Å². The van der Waals surface area contributed by atoms with E-state index in [1.165, 1.54) is 12.1 Å². The lowest BCUT2D eigenvalue weighted by Crippen LogP contribution is -2.22. The van der Waals surface area contributed by atoms with Crippen molar-refractivity contribution in [2.24, 2.45) is 0 Å². The van der Waals surface area contributed by atoms with Crippen LogP contribution >= 0.6 is 0 Å². The largest absolute Gasteiger partial charge is 0.497 e. The number of nitrogens with two attached hydrogens (primary N) is 1. The van der Waals surface area contributed by atoms with Gasteiger partial charge in [-0.1, -0.05) is 6.07 Å². The fourth-order valence-corrected chi connectivity index (χ4v) is 2.11. The monoisotopic (exact) mass is 274 g/mol. The topological polar surface area (TPSA) is 38.5 Å². The third-order valence-electron chi connectivity index (χ3n) is 3.27. The van der Waals surface area contributed by atoms with Gasteiger partial charge >= 0.3 is 0 Å². The smallest absolute Gasteiger partial charge is 0.125 e. The van der Waals surface area contributed by atoms with Crippen molar-refractivity contribution in [3.8, 4) is 5.75 Å². The maximum atomic E-state index is 13.3. The van der Waals surface area contributed by atoms with Crippen molar-refractivity contribution in [2.75, 3.05) is 24.3 Å². The molecule has 20 heavy (non-hydrogen) atoms. The second-order valence-corrected chi connectivity index (χ2v) is 4.56. The molecule has 3 nitrogen and oxygen atoms in total. The predicted molar refractivity (Wildman–Crippen MR) is 80.5 cm³/mol. The van der Waals surface area contributed by atoms with Gasteiger partial charge in [-0.15, -0.1) is 0 Å². The Bertz CT molecular complexity index is 586. The molecular weight excluding hydrogens is 255 g/mol. The van der Waals surface area contributed by atoms with Crippen molar-refractivity contribution in [3.63, 3.8) is 0 Å². The minimum absolute atomic E-state index is 0.237. The normalized spacial score (nSPS) is 10.3. The summed E-state index contributed by atoms with van der Waals surface area (Å²) in [5.74, 6) is 0.532. The minimum atomic E-state index is -0.237. The first kappa shape index (κ1) is 14.2. The van der Waals surface area contributed by atoms with E-state index in [0.717, 1.165) is 23.5 Å². The molecule has 0 aliphatic heterocycles. The summed E-state index contributed by atoms with van der Waals surface area (Å²) in [4.78, 5) is 2.06. The van der Waals surface area contributed by atoms with Crippen molar-refractivity contribution >= 4 is 11.4 Å². The van der Waals surface area contributed by atoms with Crippen LogP contribution in [0.3, 0.4) is 0 Å². The second-order valence-electron chi connectivity index (χ2n) is 4.56. The number of ether oxygens (including phenoxy) is 1. The Morgan fingerprint density at radius 1 is 1.20 bits per heavy atom. The number of nitrogen functional groups attached to an aromatic ring is 1. The average Bonchev–Trinajstić information content (AvgIpc) is 2.46. The van der Waals surface area contributed by atoms with Crippen LogP contribution in [0, 0.1) is 5.82 Å². The standard InChI is InChI=1S/C16H19FN2O/c1-3-19(14-6-4-5-13(17)10-14)11-12-9-15(20-2)7-8-16(12)18/h4-10H,3,11,18H2,1-2H3. The third kappa shape index (κ3) is 3.20. The van der Waals surface area contributed by atoms with E-state index in [1.54, 1.807) is 13.2 Å². The van der Waals surface area contributed by atoms with Gasteiger partial charge in [-0.05, 0) is 48.9 Å². The zero-order valence-electron chi connectivity index (χ0n) is 11.8. The molecule has 2 N–H and O–H groups in total. The Hall–Kier alpha value is -2.23. The molecular formula is C16H19FN2O. The van der Waals surface area contributed by atoms with Crippen LogP contribution in [0.5, 0.6) is 5.75 Å². The molecule has 0 heterocycles. The lowest BCUT2D eigenvalue weighted by molar-refractivity contribution is 0.414. The maximum absolute atomic E-state index is 13.3. The zero-order chi connectivity index (χ0) is 14.5. The summed E-state index contributed by atoms with van der Waals surface area (Å²) >= 11 is 0. The summed E-state index contributed by atoms with van der Waals surface area (Å²) in [7, 11) is 1.62. The Kier molecular flexibility index (Phi) is 4.45. The predicted octanol–water partition coefficient (Wildman–Crippen LogP) is 3.44. The fraction of sp³-hybridized carbons (Fsp3) is 0.250. The molecule has 0 saturated carbocycles. The molecule has 0 saturated heterocycles. The van der Waals surface area contributed by atoms with E-state index in [-0.39, 0.29) is 5.82 Å². The summed E-state index contributed by atoms with van der Waals surface area (Å²) < 4.78 is 18.5. The molecule has 0 amide bonds. The maximum Gasteiger partial charge on any atom is 0.125 e. The molecule has 2 aromatic rings. The van der Waals surface area contributed by atoms with Crippen LogP contribution in [0.2, 0.25) is 0 Å². The second kappa shape index (κ2) is 6.28. The van der Waals surface area contributed by atoms with Crippen molar-refractivity contribution in [1.82, 2.24) is 0 Å². The van der Waals surface area contributed by atoms with Crippen molar-refractivity contribution in [3.05, 3.63) is 53.8 Å². The van der Waals surface area contributed by atoms with Crippen molar-refractivity contribution in [2.45, 2.75) is 13.5 Å². The summed E-state index contributed by atoms with van der Waals surface area (Å²) in [5.41, 5.74) is 8.52. The van der Waals surface area contributed by atoms with Crippen LogP contribution in [-0.2, 0) is 6.54 Å². The van der Waals surface area contributed by atoms with Gasteiger partial charge in [-0.2, -0.15) is 0 Å². The Morgan fingerprint density at radius 2 is 2.00 bits per heavy atom. The van der Waals surface area contributed by atoms with Crippen molar-refractivity contribution in [1.29, 1.82) is 0 Å². The Morgan fingerprint density at radius 3 is 2.65 bits per heavy atom. The highest BCUT2D eigenvalue weighted by Gasteiger charge is 2.09. The highest BCUT2D eigenvalue weighted by molar-refractivity contribution is 5.54. The molecule has 4 heteroatoms. The number of nitrogens with zero attached hydrogens (tertiary/aromatic N) is 1. The van der Waals surface area contributed by atoms with Crippen LogP contribution in [0.25, 0.3) is 0 Å². The SMILES string of the molecule is CCN(Cc1cc(OC)ccc1N)c1cccc(F)c1. The number of halogens is 1. The quantitative estimate of drug-likeness (QED) is 0.849. The average molecular weight is 274 g/mol. The lowest BCUT2D eigenvalue weighted by atomic mass is 10.1. The first-order valence-electron chi connectivity index (χ1n) is 6.57. The molecule has 0 unspecified atom stereocenters. The van der Waals surface area contributed by atoms with Crippen LogP contribution < -0.4 is 15.4 Å². The van der Waals surface area contributed by atoms with Gasteiger partial charge in [0.2, 0.25) is 0 Å². The van der Waals surface area contributed by atoms with Gasteiger partial charge in [0.15, 0.2) is 0 Å². The van der Waals surface area contributed by atoms with E-state index in [0.29, 0.717) is 12.2 Å². The molecule has 0 aliphatic rings. The molecule has 0 radical (unpaired) electrons. The van der Waals surface area contributed by atoms with E-state index >= 15 is 0 Å². The third-order valence-corrected chi connectivity index (χ3v) is 3.27. The number of rotatable bonds is 5. The number of anilines is 2. The van der Waals surface area contributed by atoms with Gasteiger partial charge in [0.1, 0.15) is 11.6 Å². The fourth-order valence-electron chi connectivity index (χ4n) is 2.11. The van der Waals surface area contributed by atoms with Gasteiger partial charge < -0.3 is 15.4 Å². The molecule has 0 atom stereocenters. The van der Waals surface area contributed by atoms with Crippen LogP contribution in [-0.4, -0.2) is 13.7 Å². The lowest BCUT2D eigenvalue weighted by Gasteiger charge is -2.24. The van der Waals surface area contributed by atoms with E-state index < -0.39 is 0 Å². The van der Waals surface area contributed by atoms with Gasteiger partial charge in [0.05, 0.1) is 7.11 Å². The highest BCUT2D eigenvalue weighted by atomic mass is 19.1. The van der Waals surface area contributed by atoms with E-state index in [9.17, 15) is 4.39 Å². The summed E-state index contributed by atoms with van der Waals surface area (Å²) in [6, 6.07) is 12.1. The number of hydrogen-bond donors (Lipinski definition) is 1. The van der Waals surface area contributed by atoms with Crippen molar-refractivity contribution < 1.29 is 9.13 Å². The Labute approximate surface area is 118 Å². The van der Waals surface area contributed by atoms with Gasteiger partial charge in [0.25, 0.3) is 0 Å². The summed E-state index contributed by atoms with van der Waals surface area (Å²) in [6.07, 6.45) is 0. The summed E-state index contributed by atoms with van der Waals surface area (Å²) in [5, 5.41) is 0. The summed E-state index contributed by atoms with van der Waals surface area (Å²) in [6.45, 7) is 3.41. The highest BCUT2D eigenvalue weighted by Crippen LogP contribution is 2.24. The molecule has 0 aromatic heterocycles. The van der Waals surface area contributed by atoms with Gasteiger partial charge in [-0.3, -0.25) is 0 Å². The first-order valence-corrected chi connectivity index (χ1v) is 6.57. The van der Waals surface area contributed by atoms with Crippen LogP contribution in [0.4, 0.5) is 15.8 Å². The molecule has 106 valence electrons. The molecule has 0 spiro atoms. The first-order chi connectivity index (χ1) is 9.63. The van der Waals surface area contributed by atoms with E-state index in [2.05, 4.69) is 4.90 Å². The van der Waals surface area contributed by atoms with Crippen LogP contribution in [0.1, 0.15) is 12.5 Å². The minimum Gasteiger partial charge on any atom is -0.497 e. The van der Waals surface area contributed by atoms with Gasteiger partial charge in [-0.25, -0.2) is 4.39 Å². The molecule has 2 rings (SSSR count). The molecule has 2 aromatic carbocycles. The molecule has 0 bridgehead atoms. The van der Waals surface area contributed by atoms with E-state index in [4.69, 9.17) is 10.5 Å². The zero-order valence-corrected chi connectivity index (χ0v) is 11.8. The number of methoxy groups -OCH3 is 1. The van der Waals surface area contributed by atoms with E-state index in [1.807, 2.05) is 31.2 Å². The number of benzene rings is 2. The molecule has 0 aliphatic carbocycles.